The van der Waals surface area contributed by atoms with Gasteiger partial charge in [-0.05, 0) is 30.3 Å². The molecule has 0 spiro atoms. The van der Waals surface area contributed by atoms with E-state index in [-0.39, 0.29) is 28.2 Å². The van der Waals surface area contributed by atoms with Crippen LogP contribution in [0.1, 0.15) is 31.1 Å². The molecule has 3 aromatic rings. The lowest BCUT2D eigenvalue weighted by Crippen LogP contribution is -2.24. The topological polar surface area (TPSA) is 142 Å². The Hall–Kier alpha value is -4.60. The Labute approximate surface area is 181 Å². The largest absolute Gasteiger partial charge is 0.497 e. The van der Waals surface area contributed by atoms with Crippen molar-refractivity contribution >= 4 is 29.2 Å². The highest BCUT2D eigenvalue weighted by Gasteiger charge is 2.31. The maximum atomic E-state index is 12.9. The summed E-state index contributed by atoms with van der Waals surface area (Å²) >= 11 is 0. The fourth-order valence-electron chi connectivity index (χ4n) is 3.44. The predicted molar refractivity (Wildman–Crippen MR) is 116 cm³/mol. The number of carbonyl (C=O) groups is 3. The van der Waals surface area contributed by atoms with Gasteiger partial charge in [-0.3, -0.25) is 29.1 Å². The number of nitrogens with two attached hydrogens (primary N) is 1. The van der Waals surface area contributed by atoms with Gasteiger partial charge in [-0.25, -0.2) is 0 Å². The quantitative estimate of drug-likeness (QED) is 0.518. The molecule has 162 valence electrons. The molecule has 32 heavy (non-hydrogen) atoms. The number of hydrogen-bond donors (Lipinski definition) is 3. The van der Waals surface area contributed by atoms with E-state index in [1.54, 1.807) is 36.4 Å². The summed E-state index contributed by atoms with van der Waals surface area (Å²) in [5.41, 5.74) is 6.17. The molecule has 10 nitrogen and oxygen atoms in total. The molecule has 0 radical (unpaired) electrons. The first-order valence-corrected chi connectivity index (χ1v) is 9.39. The zero-order chi connectivity index (χ0) is 23.0. The molecule has 0 saturated carbocycles. The standard InChI is InChI=1S/C22H18N4O6/c1-31-13-6-7-16(32-2)15(9-13)24-20(28)11-4-3-5-12(8-11)26-17(27)10-14-18(19(26)23)22(30)25-21(14)29/h3-10H,23H2,1-2H3,(H,24,28)(H,25,29,30). The number of methoxy groups -OCH3 is 2. The molecule has 0 bridgehead atoms. The summed E-state index contributed by atoms with van der Waals surface area (Å²) in [6, 6.07) is 12.1. The normalized spacial score (nSPS) is 12.2. The highest BCUT2D eigenvalue weighted by atomic mass is 16.5. The van der Waals surface area contributed by atoms with Crippen molar-refractivity contribution in [1.29, 1.82) is 0 Å². The van der Waals surface area contributed by atoms with Crippen LogP contribution in [0.2, 0.25) is 0 Å². The second kappa shape index (κ2) is 7.91. The van der Waals surface area contributed by atoms with Crippen LogP contribution in [0.15, 0.2) is 53.3 Å². The van der Waals surface area contributed by atoms with E-state index < -0.39 is 23.3 Å². The first-order valence-electron chi connectivity index (χ1n) is 9.39. The van der Waals surface area contributed by atoms with Crippen molar-refractivity contribution < 1.29 is 23.9 Å². The van der Waals surface area contributed by atoms with Crippen LogP contribution < -0.4 is 31.4 Å². The smallest absolute Gasteiger partial charge is 0.262 e. The molecule has 1 aromatic heterocycles. The summed E-state index contributed by atoms with van der Waals surface area (Å²) in [6.45, 7) is 0. The van der Waals surface area contributed by atoms with E-state index in [9.17, 15) is 19.2 Å². The van der Waals surface area contributed by atoms with Gasteiger partial charge in [0.05, 0.1) is 36.7 Å². The third-order valence-corrected chi connectivity index (χ3v) is 4.97. The van der Waals surface area contributed by atoms with E-state index in [4.69, 9.17) is 15.2 Å². The van der Waals surface area contributed by atoms with Crippen LogP contribution in [0, 0.1) is 0 Å². The van der Waals surface area contributed by atoms with E-state index in [1.165, 1.54) is 20.3 Å². The zero-order valence-electron chi connectivity index (χ0n) is 17.1. The number of imide groups is 1. The van der Waals surface area contributed by atoms with Crippen molar-refractivity contribution in [3.8, 4) is 17.2 Å². The van der Waals surface area contributed by atoms with E-state index in [0.29, 0.717) is 17.2 Å². The van der Waals surface area contributed by atoms with Crippen molar-refractivity contribution in [2.75, 3.05) is 25.3 Å². The lowest BCUT2D eigenvalue weighted by atomic mass is 10.1. The number of nitrogen functional groups attached to an aromatic ring is 1. The molecule has 4 N–H and O–H groups in total. The number of benzene rings is 2. The second-order valence-corrected chi connectivity index (χ2v) is 6.85. The van der Waals surface area contributed by atoms with Gasteiger partial charge in [0, 0.05) is 17.7 Å². The van der Waals surface area contributed by atoms with Gasteiger partial charge in [0.25, 0.3) is 23.3 Å². The molecule has 0 unspecified atom stereocenters. The maximum absolute atomic E-state index is 12.9. The molecule has 0 saturated heterocycles. The average Bonchev–Trinajstić information content (AvgIpc) is 3.07. The highest BCUT2D eigenvalue weighted by molar-refractivity contribution is 6.23. The molecule has 2 heterocycles. The number of nitrogens with zero attached hydrogens (tertiary/aromatic N) is 1. The number of rotatable bonds is 5. The van der Waals surface area contributed by atoms with Crippen LogP contribution in [-0.2, 0) is 0 Å². The molecule has 1 aliphatic heterocycles. The number of nitrogens with one attached hydrogen (secondary N) is 2. The van der Waals surface area contributed by atoms with Gasteiger partial charge in [-0.2, -0.15) is 0 Å². The second-order valence-electron chi connectivity index (χ2n) is 6.85. The van der Waals surface area contributed by atoms with Crippen molar-refractivity contribution in [3.63, 3.8) is 0 Å². The van der Waals surface area contributed by atoms with Crippen molar-refractivity contribution in [3.05, 3.63) is 75.6 Å². The lowest BCUT2D eigenvalue weighted by molar-refractivity contribution is 0.0879. The lowest BCUT2D eigenvalue weighted by Gasteiger charge is -2.14. The SMILES string of the molecule is COc1ccc(OC)c(NC(=O)c2cccc(-n3c(N)c4c(cc3=O)C(=O)NC4=O)c2)c1. The first kappa shape index (κ1) is 20.7. The third kappa shape index (κ3) is 3.43. The number of carbonyl (C=O) groups excluding carboxylic acids is 3. The maximum Gasteiger partial charge on any atom is 0.262 e. The molecule has 2 aromatic carbocycles. The van der Waals surface area contributed by atoms with Crippen LogP contribution >= 0.6 is 0 Å². The van der Waals surface area contributed by atoms with Gasteiger partial charge in [-0.15, -0.1) is 0 Å². The fourth-order valence-corrected chi connectivity index (χ4v) is 3.44. The van der Waals surface area contributed by atoms with E-state index in [2.05, 4.69) is 10.6 Å². The van der Waals surface area contributed by atoms with Gasteiger partial charge >= 0.3 is 0 Å². The van der Waals surface area contributed by atoms with Crippen molar-refractivity contribution in [2.24, 2.45) is 0 Å². The fraction of sp³-hybridized carbons (Fsp3) is 0.0909. The van der Waals surface area contributed by atoms with Gasteiger partial charge in [-0.1, -0.05) is 6.07 Å². The summed E-state index contributed by atoms with van der Waals surface area (Å²) in [4.78, 5) is 49.4. The van der Waals surface area contributed by atoms with E-state index in [0.717, 1.165) is 10.6 Å². The summed E-state index contributed by atoms with van der Waals surface area (Å²) in [5, 5.41) is 4.85. The number of ether oxygens (including phenoxy) is 2. The van der Waals surface area contributed by atoms with Gasteiger partial charge in [0.1, 0.15) is 17.3 Å². The van der Waals surface area contributed by atoms with Gasteiger partial charge in [0.2, 0.25) is 0 Å². The van der Waals surface area contributed by atoms with Crippen molar-refractivity contribution in [1.82, 2.24) is 9.88 Å². The minimum atomic E-state index is -0.685. The number of hydrogen-bond acceptors (Lipinski definition) is 7. The molecule has 4 rings (SSSR count). The zero-order valence-corrected chi connectivity index (χ0v) is 17.1. The summed E-state index contributed by atoms with van der Waals surface area (Å²) in [6.07, 6.45) is 0. The Balaban J connectivity index is 1.73. The minimum absolute atomic E-state index is 0.0761. The Bertz CT molecular complexity index is 1340. The molecular weight excluding hydrogens is 416 g/mol. The van der Waals surface area contributed by atoms with E-state index in [1.807, 2.05) is 0 Å². The predicted octanol–water partition coefficient (Wildman–Crippen LogP) is 1.57. The van der Waals surface area contributed by atoms with Gasteiger partial charge in [0.15, 0.2) is 0 Å². The van der Waals surface area contributed by atoms with Crippen LogP contribution in [0.25, 0.3) is 5.69 Å². The molecule has 0 aliphatic carbocycles. The molecule has 0 atom stereocenters. The summed E-state index contributed by atoms with van der Waals surface area (Å²) < 4.78 is 11.5. The Morgan fingerprint density at radius 2 is 1.78 bits per heavy atom. The summed E-state index contributed by atoms with van der Waals surface area (Å²) in [7, 11) is 2.98. The number of amides is 3. The molecule has 3 amide bonds. The Kier molecular flexibility index (Phi) is 5.11. The third-order valence-electron chi connectivity index (χ3n) is 4.97. The van der Waals surface area contributed by atoms with Gasteiger partial charge < -0.3 is 20.5 Å². The van der Waals surface area contributed by atoms with Crippen LogP contribution in [0.3, 0.4) is 0 Å². The highest BCUT2D eigenvalue weighted by Crippen LogP contribution is 2.29. The number of fused-ring (bicyclic) bond motifs is 1. The minimum Gasteiger partial charge on any atom is -0.497 e. The van der Waals surface area contributed by atoms with Crippen LogP contribution in [0.4, 0.5) is 11.5 Å². The number of anilines is 2. The molecule has 1 aliphatic rings. The Morgan fingerprint density at radius 1 is 1.00 bits per heavy atom. The first-order chi connectivity index (χ1) is 15.3. The van der Waals surface area contributed by atoms with E-state index >= 15 is 0 Å². The number of pyridine rings is 1. The Morgan fingerprint density at radius 3 is 2.50 bits per heavy atom. The molecule has 0 fully saturated rings. The average molecular weight is 434 g/mol. The van der Waals surface area contributed by atoms with Crippen LogP contribution in [0.5, 0.6) is 11.5 Å². The van der Waals surface area contributed by atoms with Crippen molar-refractivity contribution in [2.45, 2.75) is 0 Å². The summed E-state index contributed by atoms with van der Waals surface area (Å²) in [5.74, 6) is -1.07. The molecular formula is C22H18N4O6. The van der Waals surface area contributed by atoms with Crippen LogP contribution in [-0.4, -0.2) is 36.5 Å². The number of aromatic nitrogens is 1. The molecule has 10 heteroatoms. The monoisotopic (exact) mass is 434 g/mol.